The van der Waals surface area contributed by atoms with Crippen molar-refractivity contribution in [3.63, 3.8) is 0 Å². The van der Waals surface area contributed by atoms with Crippen LogP contribution in [0.3, 0.4) is 0 Å². The van der Waals surface area contributed by atoms with Crippen molar-refractivity contribution in [3.05, 3.63) is 67.9 Å². The van der Waals surface area contributed by atoms with Gasteiger partial charge in [-0.15, -0.1) is 23.1 Å². The van der Waals surface area contributed by atoms with Crippen molar-refractivity contribution >= 4 is 60.0 Å². The van der Waals surface area contributed by atoms with Crippen LogP contribution in [0.15, 0.2) is 39.5 Å². The zero-order chi connectivity index (χ0) is 38.2. The number of terminal acetylenes is 1. The van der Waals surface area contributed by atoms with Crippen LogP contribution in [-0.4, -0.2) is 75.2 Å². The number of carbonyl (C=O) groups excluding carboxylic acids is 1. The number of benzene rings is 2. The molecule has 0 saturated carbocycles. The maximum atomic E-state index is 12.0. The van der Waals surface area contributed by atoms with Gasteiger partial charge >= 0.3 is 19.3 Å². The Balaban J connectivity index is 0.000000402. The van der Waals surface area contributed by atoms with E-state index in [4.69, 9.17) is 70.0 Å². The summed E-state index contributed by atoms with van der Waals surface area (Å²) in [4.78, 5) is 51.7. The first-order valence-electron chi connectivity index (χ1n) is 15.0. The number of hydrogen-bond donors (Lipinski definition) is 4. The summed E-state index contributed by atoms with van der Waals surface area (Å²) in [6.45, 7) is 12.0. The summed E-state index contributed by atoms with van der Waals surface area (Å²) in [5.74, 6) is 0.994. The maximum absolute atomic E-state index is 12.0. The van der Waals surface area contributed by atoms with Gasteiger partial charge in [0.15, 0.2) is 0 Å². The molecule has 0 aliphatic heterocycles. The number of carboxylic acid groups (broad SMARTS) is 1. The molecule has 276 valence electrons. The Morgan fingerprint density at radius 3 is 2.34 bits per heavy atom. The molecule has 18 heteroatoms. The molecule has 3 aromatic rings. The highest BCUT2D eigenvalue weighted by Gasteiger charge is 2.24. The Hall–Kier alpha value is -3.38. The van der Waals surface area contributed by atoms with Gasteiger partial charge in [0.25, 0.3) is 0 Å². The normalized spacial score (nSPS) is 11.0. The molecule has 0 aliphatic carbocycles. The Kier molecular flexibility index (Phi) is 18.8. The van der Waals surface area contributed by atoms with E-state index in [1.165, 1.54) is 12.1 Å². The molecule has 0 unspecified atom stereocenters. The lowest BCUT2D eigenvalue weighted by Gasteiger charge is -2.25. The second-order valence-corrected chi connectivity index (χ2v) is 13.9. The number of aryl methyl sites for hydroxylation is 2. The number of carbonyl (C=O) groups is 2. The van der Waals surface area contributed by atoms with Gasteiger partial charge in [0.1, 0.15) is 25.0 Å². The first kappa shape index (κ1) is 44.6. The third kappa shape index (κ3) is 14.8. The average molecular weight is 780 g/mol. The minimum Gasteiger partial charge on any atom is -0.480 e. The van der Waals surface area contributed by atoms with Gasteiger partial charge in [0.05, 0.1) is 34.3 Å². The molecule has 0 fully saturated rings. The number of amides is 1. The second-order valence-electron chi connectivity index (χ2n) is 11.2. The molecular weight excluding hydrogens is 738 g/mol. The van der Waals surface area contributed by atoms with E-state index in [-0.39, 0.29) is 35.2 Å². The van der Waals surface area contributed by atoms with E-state index in [0.717, 1.165) is 27.9 Å². The van der Waals surface area contributed by atoms with Crippen molar-refractivity contribution in [3.8, 4) is 23.8 Å². The molecule has 0 radical (unpaired) electrons. The number of anilines is 1. The second kappa shape index (κ2) is 21.1. The molecule has 0 aliphatic rings. The fourth-order valence-corrected chi connectivity index (χ4v) is 4.92. The van der Waals surface area contributed by atoms with Crippen molar-refractivity contribution < 1.29 is 42.9 Å². The summed E-state index contributed by atoms with van der Waals surface area (Å²) in [6, 6.07) is 8.99. The fraction of sp³-hybridized carbons (Fsp3) is 0.438. The topological polar surface area (TPSA) is 194 Å². The van der Waals surface area contributed by atoms with Gasteiger partial charge < -0.3 is 28.8 Å². The number of ether oxygens (including phenoxy) is 2. The number of nitrogens with zero attached hydrogens (tertiary/aromatic N) is 3. The van der Waals surface area contributed by atoms with Crippen LogP contribution in [0.4, 0.5) is 5.69 Å². The summed E-state index contributed by atoms with van der Waals surface area (Å²) < 4.78 is 27.0. The van der Waals surface area contributed by atoms with E-state index < -0.39 is 37.6 Å². The Bertz CT molecular complexity index is 1730. The monoisotopic (exact) mass is 778 g/mol. The quantitative estimate of drug-likeness (QED) is 0.0752. The van der Waals surface area contributed by atoms with E-state index in [2.05, 4.69) is 23.3 Å². The Morgan fingerprint density at radius 1 is 1.18 bits per heavy atom. The molecule has 1 amide bonds. The van der Waals surface area contributed by atoms with Crippen molar-refractivity contribution in [1.82, 2.24) is 15.1 Å². The van der Waals surface area contributed by atoms with E-state index in [0.29, 0.717) is 23.9 Å². The minimum absolute atomic E-state index is 0.0371. The van der Waals surface area contributed by atoms with Crippen LogP contribution in [0.5, 0.6) is 5.75 Å². The third-order valence-electron chi connectivity index (χ3n) is 6.14. The number of aromatic nitrogens is 2. The molecule has 0 bridgehead atoms. The number of halogens is 3. The number of hydrogen-bond acceptors (Lipinski definition) is 9. The molecular formula is C32H42Cl3N4O10P. The number of alkyl halides is 1. The lowest BCUT2D eigenvalue weighted by molar-refractivity contribution is -0.135. The van der Waals surface area contributed by atoms with Crippen LogP contribution in [0.25, 0.3) is 5.69 Å². The van der Waals surface area contributed by atoms with Gasteiger partial charge in [-0.1, -0.05) is 75.0 Å². The molecule has 14 nitrogen and oxygen atoms in total. The summed E-state index contributed by atoms with van der Waals surface area (Å²) in [7, 11) is -4.10. The molecule has 1 aromatic heterocycles. The molecule has 3 rings (SSSR count). The van der Waals surface area contributed by atoms with E-state index >= 15 is 0 Å². The van der Waals surface area contributed by atoms with Gasteiger partial charge in [0, 0.05) is 18.1 Å². The minimum atomic E-state index is -4.10. The van der Waals surface area contributed by atoms with Crippen LogP contribution in [0.2, 0.25) is 10.0 Å². The van der Waals surface area contributed by atoms with Crippen LogP contribution in [0, 0.1) is 19.3 Å². The largest absolute Gasteiger partial charge is 0.480 e. The lowest BCUT2D eigenvalue weighted by Crippen LogP contribution is -2.35. The molecule has 0 saturated heterocycles. The van der Waals surface area contributed by atoms with Gasteiger partial charge in [-0.25, -0.2) is 4.79 Å². The van der Waals surface area contributed by atoms with Crippen LogP contribution in [-0.2, 0) is 30.7 Å². The van der Waals surface area contributed by atoms with Crippen molar-refractivity contribution in [2.24, 2.45) is 0 Å². The Morgan fingerprint density at radius 2 is 1.84 bits per heavy atom. The van der Waals surface area contributed by atoms with Crippen LogP contribution < -0.4 is 20.7 Å². The molecule has 0 atom stereocenters. The summed E-state index contributed by atoms with van der Waals surface area (Å²) in [5, 5.41) is 14.8. The zero-order valence-corrected chi connectivity index (χ0v) is 31.7. The Labute approximate surface area is 305 Å². The number of aliphatic carboxylic acids is 1. The zero-order valence-electron chi connectivity index (χ0n) is 28.5. The molecule has 50 heavy (non-hydrogen) atoms. The highest BCUT2D eigenvalue weighted by atomic mass is 35.5. The first-order chi connectivity index (χ1) is 23.3. The van der Waals surface area contributed by atoms with Gasteiger partial charge in [0.2, 0.25) is 11.8 Å². The van der Waals surface area contributed by atoms with Crippen molar-refractivity contribution in [2.75, 3.05) is 43.6 Å². The molecule has 2 aromatic carbocycles. The summed E-state index contributed by atoms with van der Waals surface area (Å²) in [5.41, 5.74) is 3.02. The number of para-hydroxylation sites is 1. The number of rotatable bonds is 13. The van der Waals surface area contributed by atoms with Gasteiger partial charge in [-0.2, -0.15) is 4.68 Å². The van der Waals surface area contributed by atoms with Gasteiger partial charge in [-0.3, -0.25) is 24.4 Å². The van der Waals surface area contributed by atoms with E-state index in [9.17, 15) is 18.9 Å². The predicted molar refractivity (Wildman–Crippen MR) is 193 cm³/mol. The van der Waals surface area contributed by atoms with E-state index in [1.807, 2.05) is 52.8 Å². The smallest absolute Gasteiger partial charge is 0.442 e. The fourth-order valence-electron chi connectivity index (χ4n) is 3.86. The predicted octanol–water partition coefficient (Wildman–Crippen LogP) is 5.36. The highest BCUT2D eigenvalue weighted by Crippen LogP contribution is 2.33. The van der Waals surface area contributed by atoms with Crippen molar-refractivity contribution in [2.45, 2.75) is 53.4 Å². The maximum Gasteiger partial charge on any atom is 0.442 e. The third-order valence-corrected chi connectivity index (χ3v) is 7.60. The van der Waals surface area contributed by atoms with Crippen molar-refractivity contribution in [1.29, 1.82) is 0 Å². The SMILES string of the molecule is C#CCOc1cc(-n2nc(C(C)(C)C)oc2=O)c(Cl)cc1Cl.CCOCN(C(=O)CCl)c1c(C)cccc1CC.O=C(O)CNCP(=O)(O)O. The summed E-state index contributed by atoms with van der Waals surface area (Å²) >= 11 is 17.9. The summed E-state index contributed by atoms with van der Waals surface area (Å²) in [6.07, 6.45) is 5.43. The lowest BCUT2D eigenvalue weighted by atomic mass is 9.97. The van der Waals surface area contributed by atoms with Crippen LogP contribution in [0.1, 0.15) is 51.6 Å². The standard InChI is InChI=1S/C15H14Cl2N2O3.C14H20ClNO2.C3H8NO5P/c1-5-6-21-12-8-11(9(16)7-10(12)17)19-14(20)22-13(18-19)15(2,3)4;1-4-12-8-6-7-11(3)14(12)16(10-18-5-2)13(17)9-15;5-3(6)1-4-2-10(7,8)9/h1,7-8H,6H2,2-4H3;6-8H,4-5,9-10H2,1-3H3;4H,1-2H2,(H,5,6)(H2,7,8,9). The highest BCUT2D eigenvalue weighted by molar-refractivity contribution is 7.51. The molecule has 0 spiro atoms. The van der Waals surface area contributed by atoms with Crippen LogP contribution >= 0.6 is 42.4 Å². The van der Waals surface area contributed by atoms with E-state index in [1.54, 1.807) is 4.90 Å². The molecule has 1 heterocycles. The van der Waals surface area contributed by atoms with Gasteiger partial charge in [-0.05, 0) is 37.5 Å². The number of carboxylic acids is 1. The molecule has 4 N–H and O–H groups in total. The average Bonchev–Trinajstić information content (AvgIpc) is 3.42. The first-order valence-corrected chi connectivity index (χ1v) is 18.1. The number of nitrogens with one attached hydrogen (secondary N) is 1.